The fourth-order valence-corrected chi connectivity index (χ4v) is 4.81. The van der Waals surface area contributed by atoms with Crippen LogP contribution in [0.4, 0.5) is 10.3 Å². The van der Waals surface area contributed by atoms with E-state index in [4.69, 9.17) is 10.7 Å². The molecule has 0 saturated carbocycles. The van der Waals surface area contributed by atoms with Gasteiger partial charge in [0.2, 0.25) is 5.95 Å². The van der Waals surface area contributed by atoms with Crippen LogP contribution in [0.25, 0.3) is 0 Å². The van der Waals surface area contributed by atoms with E-state index in [0.717, 1.165) is 17.9 Å². The maximum Gasteiger partial charge on any atom is 0.225 e. The third kappa shape index (κ3) is 2.84. The largest absolute Gasteiger partial charge is 0.379 e. The summed E-state index contributed by atoms with van der Waals surface area (Å²) in [6.07, 6.45) is 1.28. The minimum Gasteiger partial charge on any atom is -0.379 e. The number of nitrogens with zero attached hydrogens (tertiary/aromatic N) is 4. The number of nitrogens with two attached hydrogens (primary N) is 1. The summed E-state index contributed by atoms with van der Waals surface area (Å²) >= 11 is 1.60. The molecule has 136 valence electrons. The van der Waals surface area contributed by atoms with Gasteiger partial charge in [-0.3, -0.25) is 0 Å². The summed E-state index contributed by atoms with van der Waals surface area (Å²) in [5, 5.41) is 0.620. The maximum absolute atomic E-state index is 14.0. The quantitative estimate of drug-likeness (QED) is 0.898. The van der Waals surface area contributed by atoms with Crippen LogP contribution in [0.3, 0.4) is 0 Å². The monoisotopic (exact) mass is 371 g/mol. The number of aliphatic imine (C=N–C) groups is 1. The Bertz CT molecular complexity index is 841. The van der Waals surface area contributed by atoms with Gasteiger partial charge in [0.25, 0.3) is 0 Å². The number of anilines is 1. The van der Waals surface area contributed by atoms with Crippen LogP contribution in [0, 0.1) is 11.7 Å². The lowest BCUT2D eigenvalue weighted by molar-refractivity contribution is 0.387. The summed E-state index contributed by atoms with van der Waals surface area (Å²) in [4.78, 5) is 15.8. The molecule has 4 rings (SSSR count). The second-order valence-corrected chi connectivity index (χ2v) is 8.23. The molecule has 0 aliphatic carbocycles. The van der Waals surface area contributed by atoms with E-state index in [1.165, 1.54) is 6.20 Å². The summed E-state index contributed by atoms with van der Waals surface area (Å²) in [5.74, 6) is 1.43. The molecular weight excluding hydrogens is 349 g/mol. The molecular formula is C19H22FN5S. The van der Waals surface area contributed by atoms with Crippen LogP contribution in [-0.2, 0) is 5.54 Å². The molecule has 0 bridgehead atoms. The van der Waals surface area contributed by atoms with E-state index in [1.807, 2.05) is 32.0 Å². The molecule has 2 aromatic rings. The minimum atomic E-state index is -0.396. The molecule has 26 heavy (non-hydrogen) atoms. The molecule has 0 unspecified atom stereocenters. The smallest absolute Gasteiger partial charge is 0.225 e. The van der Waals surface area contributed by atoms with Crippen LogP contribution in [-0.4, -0.2) is 34.0 Å². The van der Waals surface area contributed by atoms with E-state index >= 15 is 0 Å². The Kier molecular flexibility index (Phi) is 4.34. The second-order valence-electron chi connectivity index (χ2n) is 7.19. The molecule has 1 aromatic carbocycles. The van der Waals surface area contributed by atoms with Crippen molar-refractivity contribution < 1.29 is 4.39 Å². The molecule has 2 atom stereocenters. The van der Waals surface area contributed by atoms with Gasteiger partial charge in [0.1, 0.15) is 5.54 Å². The number of amidine groups is 1. The van der Waals surface area contributed by atoms with Crippen molar-refractivity contribution in [2.45, 2.75) is 25.3 Å². The van der Waals surface area contributed by atoms with Gasteiger partial charge in [-0.2, -0.15) is 0 Å². The molecule has 5 nitrogen and oxygen atoms in total. The van der Waals surface area contributed by atoms with Crippen molar-refractivity contribution in [1.29, 1.82) is 0 Å². The fraction of sp³-hybridized carbons (Fsp3) is 0.421. The van der Waals surface area contributed by atoms with Crippen molar-refractivity contribution in [1.82, 2.24) is 9.97 Å². The lowest BCUT2D eigenvalue weighted by atomic mass is 9.82. The predicted molar refractivity (Wildman–Crippen MR) is 104 cm³/mol. The zero-order valence-corrected chi connectivity index (χ0v) is 15.7. The molecule has 1 aromatic heterocycles. The van der Waals surface area contributed by atoms with E-state index in [-0.39, 0.29) is 11.7 Å². The van der Waals surface area contributed by atoms with Gasteiger partial charge < -0.3 is 10.6 Å². The zero-order chi connectivity index (χ0) is 18.3. The molecule has 2 aliphatic rings. The third-order valence-electron chi connectivity index (χ3n) is 5.15. The molecule has 0 radical (unpaired) electrons. The highest BCUT2D eigenvalue weighted by Crippen LogP contribution is 2.46. The topological polar surface area (TPSA) is 67.4 Å². The van der Waals surface area contributed by atoms with Crippen LogP contribution >= 0.6 is 11.8 Å². The Morgan fingerprint density at radius 1 is 1.31 bits per heavy atom. The maximum atomic E-state index is 14.0. The first kappa shape index (κ1) is 17.3. The first-order valence-corrected chi connectivity index (χ1v) is 9.79. The van der Waals surface area contributed by atoms with Crippen LogP contribution < -0.4 is 10.6 Å². The highest BCUT2D eigenvalue weighted by atomic mass is 32.2. The van der Waals surface area contributed by atoms with Gasteiger partial charge in [0.15, 0.2) is 11.0 Å². The predicted octanol–water partition coefficient (Wildman–Crippen LogP) is 3.13. The number of fused-ring (bicyclic) bond motifs is 1. The van der Waals surface area contributed by atoms with Gasteiger partial charge in [0.05, 0.1) is 18.4 Å². The third-order valence-corrected chi connectivity index (χ3v) is 6.11. The Morgan fingerprint density at radius 2 is 2.08 bits per heavy atom. The van der Waals surface area contributed by atoms with Crippen molar-refractivity contribution >= 4 is 22.9 Å². The summed E-state index contributed by atoms with van der Waals surface area (Å²) in [6, 6.07) is 10.3. The minimum absolute atomic E-state index is 0.00827. The van der Waals surface area contributed by atoms with Gasteiger partial charge in [-0.1, -0.05) is 55.9 Å². The highest BCUT2D eigenvalue weighted by Gasteiger charge is 2.50. The van der Waals surface area contributed by atoms with Crippen LogP contribution in [0.2, 0.25) is 0 Å². The van der Waals surface area contributed by atoms with Crippen molar-refractivity contribution in [3.63, 3.8) is 0 Å². The first-order valence-electron chi connectivity index (χ1n) is 8.80. The molecule has 3 heterocycles. The van der Waals surface area contributed by atoms with E-state index in [1.54, 1.807) is 11.8 Å². The zero-order valence-electron chi connectivity index (χ0n) is 14.9. The number of thioether (sulfide) groups is 1. The summed E-state index contributed by atoms with van der Waals surface area (Å²) in [6.45, 7) is 5.30. The van der Waals surface area contributed by atoms with E-state index in [2.05, 4.69) is 27.0 Å². The number of benzene rings is 1. The number of hydrogen-bond donors (Lipinski definition) is 1. The molecule has 2 aliphatic heterocycles. The molecule has 1 saturated heterocycles. The van der Waals surface area contributed by atoms with Crippen molar-refractivity contribution in [2.24, 2.45) is 16.6 Å². The van der Waals surface area contributed by atoms with Crippen molar-refractivity contribution in [3.05, 3.63) is 53.6 Å². The first-order chi connectivity index (χ1) is 12.5. The standard InChI is InChI=1S/C19H22FN5S/c1-12(2)16-15(20)8-22-18(23-16)25-9-14-10-26-17(21)24-19(14,11-25)13-6-4-3-5-7-13/h3-8,12,14H,9-11H2,1-2H3,(H2,21,24)/t14-,19+/m0/s1. The lowest BCUT2D eigenvalue weighted by Crippen LogP contribution is -2.40. The van der Waals surface area contributed by atoms with E-state index in [0.29, 0.717) is 29.3 Å². The van der Waals surface area contributed by atoms with E-state index in [9.17, 15) is 4.39 Å². The second kappa shape index (κ2) is 6.54. The average Bonchev–Trinajstić information content (AvgIpc) is 3.02. The van der Waals surface area contributed by atoms with Crippen LogP contribution in [0.5, 0.6) is 0 Å². The summed E-state index contributed by atoms with van der Waals surface area (Å²) < 4.78 is 14.0. The highest BCUT2D eigenvalue weighted by molar-refractivity contribution is 8.13. The van der Waals surface area contributed by atoms with Crippen molar-refractivity contribution in [2.75, 3.05) is 23.7 Å². The lowest BCUT2D eigenvalue weighted by Gasteiger charge is -2.34. The fourth-order valence-electron chi connectivity index (χ4n) is 3.83. The summed E-state index contributed by atoms with van der Waals surface area (Å²) in [7, 11) is 0. The van der Waals surface area contributed by atoms with Gasteiger partial charge in [-0.15, -0.1) is 0 Å². The van der Waals surface area contributed by atoms with E-state index < -0.39 is 5.54 Å². The normalized spacial score (nSPS) is 25.3. The Hall–Kier alpha value is -2.15. The SMILES string of the molecule is CC(C)c1nc(N2C[C@H]3CSC(N)=N[C@@]3(c3ccccc3)C2)ncc1F. The van der Waals surface area contributed by atoms with Gasteiger partial charge in [-0.05, 0) is 11.5 Å². The molecule has 2 N–H and O–H groups in total. The number of halogens is 1. The molecule has 7 heteroatoms. The Labute approximate surface area is 156 Å². The number of aromatic nitrogens is 2. The van der Waals surface area contributed by atoms with Crippen LogP contribution in [0.1, 0.15) is 31.0 Å². The molecule has 0 spiro atoms. The van der Waals surface area contributed by atoms with Gasteiger partial charge in [0, 0.05) is 18.2 Å². The van der Waals surface area contributed by atoms with Crippen LogP contribution in [0.15, 0.2) is 41.5 Å². The van der Waals surface area contributed by atoms with Gasteiger partial charge in [-0.25, -0.2) is 19.4 Å². The average molecular weight is 371 g/mol. The summed E-state index contributed by atoms with van der Waals surface area (Å²) in [5.41, 5.74) is 7.31. The van der Waals surface area contributed by atoms with Crippen molar-refractivity contribution in [3.8, 4) is 0 Å². The number of rotatable bonds is 3. The Balaban J connectivity index is 1.74. The molecule has 0 amide bonds. The Morgan fingerprint density at radius 3 is 2.81 bits per heavy atom. The molecule has 1 fully saturated rings. The number of hydrogen-bond acceptors (Lipinski definition) is 6. The van der Waals surface area contributed by atoms with Gasteiger partial charge >= 0.3 is 0 Å².